The zero-order chi connectivity index (χ0) is 9.90. The van der Waals surface area contributed by atoms with Gasteiger partial charge >= 0.3 is 0 Å². The molecule has 0 aromatic rings. The van der Waals surface area contributed by atoms with Gasteiger partial charge in [0.2, 0.25) is 0 Å². The van der Waals surface area contributed by atoms with E-state index in [0.29, 0.717) is 5.41 Å². The second-order valence-corrected chi connectivity index (χ2v) is 4.73. The minimum atomic E-state index is 0.177. The summed E-state index contributed by atoms with van der Waals surface area (Å²) in [4.78, 5) is 5.39. The lowest BCUT2D eigenvalue weighted by molar-refractivity contribution is -0.00166. The molecule has 3 nitrogen and oxygen atoms in total. The van der Waals surface area contributed by atoms with Gasteiger partial charge in [0.25, 0.3) is 0 Å². The van der Waals surface area contributed by atoms with E-state index in [-0.39, 0.29) is 12.4 Å². The smallest absolute Gasteiger partial charge is 0.131 e. The monoisotopic (exact) mass is 186 g/mol. The van der Waals surface area contributed by atoms with E-state index in [1.807, 2.05) is 0 Å². The van der Waals surface area contributed by atoms with Crippen LogP contribution in [-0.2, 0) is 4.84 Å². The lowest BCUT2D eigenvalue weighted by atomic mass is 9.84. The Morgan fingerprint density at radius 2 is 2.08 bits per heavy atom. The first kappa shape index (κ1) is 11.0. The highest BCUT2D eigenvalue weighted by Gasteiger charge is 2.27. The average Bonchev–Trinajstić information content (AvgIpc) is 2.34. The summed E-state index contributed by atoms with van der Waals surface area (Å²) in [6, 6.07) is 0. The topological polar surface area (TPSA) is 33.3 Å². The molecule has 0 radical (unpaired) electrons. The maximum absolute atomic E-state index is 5.39. The summed E-state index contributed by atoms with van der Waals surface area (Å²) in [6.07, 6.45) is 4.02. The van der Waals surface area contributed by atoms with E-state index < -0.39 is 0 Å². The van der Waals surface area contributed by atoms with Crippen LogP contribution in [0.15, 0.2) is 0 Å². The molecule has 0 aromatic heterocycles. The van der Waals surface area contributed by atoms with E-state index in [0.717, 1.165) is 6.42 Å². The van der Waals surface area contributed by atoms with E-state index in [4.69, 9.17) is 4.84 Å². The predicted molar refractivity (Wildman–Crippen MR) is 53.9 cm³/mol. The Morgan fingerprint density at radius 3 is 2.54 bits per heavy atom. The fourth-order valence-corrected chi connectivity index (χ4v) is 1.91. The summed E-state index contributed by atoms with van der Waals surface area (Å²) in [5, 5.41) is 3.33. The van der Waals surface area contributed by atoms with Crippen LogP contribution in [0.2, 0.25) is 0 Å². The summed E-state index contributed by atoms with van der Waals surface area (Å²) < 4.78 is 0. The van der Waals surface area contributed by atoms with Crippen LogP contribution in [0.3, 0.4) is 0 Å². The second kappa shape index (κ2) is 4.40. The van der Waals surface area contributed by atoms with Gasteiger partial charge in [-0.15, -0.1) is 0 Å². The Balaban J connectivity index is 2.30. The number of rotatable bonds is 4. The highest BCUT2D eigenvalue weighted by Crippen LogP contribution is 2.28. The van der Waals surface area contributed by atoms with Gasteiger partial charge in [0.1, 0.15) is 6.23 Å². The van der Waals surface area contributed by atoms with Gasteiger partial charge in [-0.05, 0) is 25.2 Å². The van der Waals surface area contributed by atoms with Crippen molar-refractivity contribution in [3.8, 4) is 0 Å². The van der Waals surface area contributed by atoms with E-state index in [9.17, 15) is 0 Å². The molecular weight excluding hydrogens is 164 g/mol. The summed E-state index contributed by atoms with van der Waals surface area (Å²) in [5.41, 5.74) is 3.30. The molecule has 1 fully saturated rings. The van der Waals surface area contributed by atoms with Crippen molar-refractivity contribution in [2.45, 2.75) is 59.4 Å². The minimum Gasteiger partial charge on any atom is -0.281 e. The lowest BCUT2D eigenvalue weighted by Gasteiger charge is -2.26. The third kappa shape index (κ3) is 3.63. The van der Waals surface area contributed by atoms with Crippen LogP contribution in [0.5, 0.6) is 0 Å². The zero-order valence-corrected chi connectivity index (χ0v) is 9.18. The van der Waals surface area contributed by atoms with Crippen LogP contribution >= 0.6 is 0 Å². The Hall–Kier alpha value is -0.120. The minimum absolute atomic E-state index is 0.177. The van der Waals surface area contributed by atoms with Crippen molar-refractivity contribution >= 4 is 0 Å². The van der Waals surface area contributed by atoms with Gasteiger partial charge in [-0.3, -0.25) is 10.2 Å². The summed E-state index contributed by atoms with van der Waals surface area (Å²) in [5.74, 6) is 0. The molecule has 0 bridgehead atoms. The first-order chi connectivity index (χ1) is 6.03. The van der Waals surface area contributed by atoms with Gasteiger partial charge in [0.05, 0.1) is 6.17 Å². The van der Waals surface area contributed by atoms with Gasteiger partial charge in [-0.25, -0.2) is 0 Å². The number of nitrogens with one attached hydrogen (secondary N) is 2. The summed E-state index contributed by atoms with van der Waals surface area (Å²) in [7, 11) is 0. The van der Waals surface area contributed by atoms with E-state index in [2.05, 4.69) is 38.5 Å². The molecule has 1 saturated heterocycles. The molecule has 0 aromatic carbocycles. The quantitative estimate of drug-likeness (QED) is 0.704. The van der Waals surface area contributed by atoms with Crippen LogP contribution < -0.4 is 10.8 Å². The van der Waals surface area contributed by atoms with Crippen LogP contribution in [0.25, 0.3) is 0 Å². The molecule has 3 heteroatoms. The van der Waals surface area contributed by atoms with Crippen molar-refractivity contribution in [3.05, 3.63) is 0 Å². The van der Waals surface area contributed by atoms with Crippen molar-refractivity contribution in [1.82, 2.24) is 10.8 Å². The SMILES string of the molecule is CCCC(C)(C)CC1NC(C)NO1. The van der Waals surface area contributed by atoms with Gasteiger partial charge in [-0.1, -0.05) is 27.2 Å². The summed E-state index contributed by atoms with van der Waals surface area (Å²) in [6.45, 7) is 8.88. The third-order valence-electron chi connectivity index (χ3n) is 2.49. The average molecular weight is 186 g/mol. The molecule has 2 unspecified atom stereocenters. The highest BCUT2D eigenvalue weighted by atomic mass is 16.7. The first-order valence-electron chi connectivity index (χ1n) is 5.21. The van der Waals surface area contributed by atoms with E-state index in [1.54, 1.807) is 0 Å². The van der Waals surface area contributed by atoms with Gasteiger partial charge in [0.15, 0.2) is 0 Å². The van der Waals surface area contributed by atoms with Crippen molar-refractivity contribution in [2.75, 3.05) is 0 Å². The van der Waals surface area contributed by atoms with Crippen LogP contribution in [0.1, 0.15) is 47.0 Å². The molecule has 0 saturated carbocycles. The number of hydrogen-bond acceptors (Lipinski definition) is 3. The van der Waals surface area contributed by atoms with Gasteiger partial charge in [-0.2, -0.15) is 5.48 Å². The Bertz CT molecular complexity index is 159. The molecule has 13 heavy (non-hydrogen) atoms. The second-order valence-electron chi connectivity index (χ2n) is 4.73. The lowest BCUT2D eigenvalue weighted by Crippen LogP contribution is -2.33. The van der Waals surface area contributed by atoms with E-state index in [1.165, 1.54) is 12.8 Å². The van der Waals surface area contributed by atoms with Crippen LogP contribution in [0.4, 0.5) is 0 Å². The molecule has 1 rings (SSSR count). The van der Waals surface area contributed by atoms with Crippen molar-refractivity contribution in [2.24, 2.45) is 5.41 Å². The van der Waals surface area contributed by atoms with Gasteiger partial charge < -0.3 is 0 Å². The molecule has 2 atom stereocenters. The molecule has 2 N–H and O–H groups in total. The molecular formula is C10H22N2O. The molecule has 1 aliphatic rings. The molecule has 0 aliphatic carbocycles. The van der Waals surface area contributed by atoms with Crippen molar-refractivity contribution in [1.29, 1.82) is 0 Å². The molecule has 1 heterocycles. The van der Waals surface area contributed by atoms with Gasteiger partial charge in [0, 0.05) is 0 Å². The first-order valence-corrected chi connectivity index (χ1v) is 5.21. The largest absolute Gasteiger partial charge is 0.281 e. The predicted octanol–water partition coefficient (Wildman–Crippen LogP) is 2.00. The maximum atomic E-state index is 5.39. The molecule has 0 spiro atoms. The Morgan fingerprint density at radius 1 is 1.38 bits per heavy atom. The fourth-order valence-electron chi connectivity index (χ4n) is 1.91. The number of hydrogen-bond donors (Lipinski definition) is 2. The van der Waals surface area contributed by atoms with Crippen LogP contribution in [0, 0.1) is 5.41 Å². The molecule has 78 valence electrons. The van der Waals surface area contributed by atoms with Crippen LogP contribution in [-0.4, -0.2) is 12.4 Å². The molecule has 0 amide bonds. The molecule has 1 aliphatic heterocycles. The Kier molecular flexibility index (Phi) is 3.71. The zero-order valence-electron chi connectivity index (χ0n) is 9.18. The normalized spacial score (nSPS) is 29.5. The standard InChI is InChI=1S/C10H22N2O/c1-5-6-10(3,4)7-9-11-8(2)12-13-9/h8-9,11-12H,5-7H2,1-4H3. The fraction of sp³-hybridized carbons (Fsp3) is 1.00. The van der Waals surface area contributed by atoms with Crippen molar-refractivity contribution < 1.29 is 4.84 Å². The third-order valence-corrected chi connectivity index (χ3v) is 2.49. The van der Waals surface area contributed by atoms with E-state index >= 15 is 0 Å². The summed E-state index contributed by atoms with van der Waals surface area (Å²) >= 11 is 0. The number of hydroxylamine groups is 1. The highest BCUT2D eigenvalue weighted by molar-refractivity contribution is 4.75. The van der Waals surface area contributed by atoms with Crippen molar-refractivity contribution in [3.63, 3.8) is 0 Å². The maximum Gasteiger partial charge on any atom is 0.131 e. The Labute approximate surface area is 81.2 Å².